The number of aryl methyl sites for hydroxylation is 2. The van der Waals surface area contributed by atoms with Crippen molar-refractivity contribution in [2.45, 2.75) is 58.1 Å². The molecule has 2 amide bonds. The van der Waals surface area contributed by atoms with E-state index in [1.807, 2.05) is 52.0 Å². The number of sulfonamides is 1. The van der Waals surface area contributed by atoms with E-state index in [1.165, 1.54) is 17.0 Å². The average Bonchev–Trinajstić information content (AvgIpc) is 2.87. The highest BCUT2D eigenvalue weighted by molar-refractivity contribution is 9.10. The molecule has 0 saturated carbocycles. The maximum absolute atomic E-state index is 13.9. The quantitative estimate of drug-likeness (QED) is 0.347. The lowest BCUT2D eigenvalue weighted by atomic mass is 10.1. The van der Waals surface area contributed by atoms with Crippen molar-refractivity contribution in [3.8, 4) is 0 Å². The third kappa shape index (κ3) is 7.45. The van der Waals surface area contributed by atoms with E-state index in [-0.39, 0.29) is 23.4 Å². The van der Waals surface area contributed by atoms with Crippen molar-refractivity contribution in [1.82, 2.24) is 10.2 Å². The molecule has 0 aliphatic heterocycles. The molecule has 0 aliphatic rings. The smallest absolute Gasteiger partial charge is 0.264 e. The summed E-state index contributed by atoms with van der Waals surface area (Å²) < 4.78 is 29.6. The van der Waals surface area contributed by atoms with Crippen LogP contribution >= 0.6 is 15.9 Å². The van der Waals surface area contributed by atoms with E-state index in [4.69, 9.17) is 0 Å². The largest absolute Gasteiger partial charge is 0.352 e. The van der Waals surface area contributed by atoms with Crippen molar-refractivity contribution >= 4 is 43.5 Å². The molecule has 9 heteroatoms. The molecule has 202 valence electrons. The van der Waals surface area contributed by atoms with Gasteiger partial charge in [-0.2, -0.15) is 0 Å². The first kappa shape index (κ1) is 29.4. The van der Waals surface area contributed by atoms with E-state index in [2.05, 4.69) is 21.2 Å². The van der Waals surface area contributed by atoms with Gasteiger partial charge in [0.15, 0.2) is 0 Å². The SMILES string of the molecule is Cc1ccc(N(CC(=O)N(Cc2ccc(Br)cc2)C(C)C(=O)NC(C)C)S(=O)(=O)c2ccc(C)cc2)cc1. The van der Waals surface area contributed by atoms with Gasteiger partial charge in [0.05, 0.1) is 10.6 Å². The van der Waals surface area contributed by atoms with Crippen LogP contribution in [0.5, 0.6) is 0 Å². The first-order valence-electron chi connectivity index (χ1n) is 12.4. The monoisotopic (exact) mass is 599 g/mol. The van der Waals surface area contributed by atoms with Crippen LogP contribution in [-0.2, 0) is 26.2 Å². The zero-order valence-corrected chi connectivity index (χ0v) is 24.7. The molecule has 1 unspecified atom stereocenters. The zero-order chi connectivity index (χ0) is 28.0. The number of carbonyl (C=O) groups excluding carboxylic acids is 2. The van der Waals surface area contributed by atoms with E-state index in [0.29, 0.717) is 5.69 Å². The number of hydrogen-bond donors (Lipinski definition) is 1. The Bertz CT molecular complexity index is 1360. The number of amides is 2. The highest BCUT2D eigenvalue weighted by Crippen LogP contribution is 2.25. The fraction of sp³-hybridized carbons (Fsp3) is 0.310. The summed E-state index contributed by atoms with van der Waals surface area (Å²) >= 11 is 3.41. The maximum Gasteiger partial charge on any atom is 0.264 e. The van der Waals surface area contributed by atoms with Crippen LogP contribution in [0.1, 0.15) is 37.5 Å². The van der Waals surface area contributed by atoms with Crippen LogP contribution < -0.4 is 9.62 Å². The molecule has 0 aromatic heterocycles. The van der Waals surface area contributed by atoms with E-state index in [9.17, 15) is 18.0 Å². The summed E-state index contributed by atoms with van der Waals surface area (Å²) in [7, 11) is -4.08. The number of nitrogens with one attached hydrogen (secondary N) is 1. The molecule has 7 nitrogen and oxygen atoms in total. The van der Waals surface area contributed by atoms with Crippen molar-refractivity contribution in [2.24, 2.45) is 0 Å². The van der Waals surface area contributed by atoms with Crippen LogP contribution in [-0.4, -0.2) is 43.8 Å². The fourth-order valence-electron chi connectivity index (χ4n) is 3.85. The van der Waals surface area contributed by atoms with Gasteiger partial charge in [-0.3, -0.25) is 13.9 Å². The molecule has 3 aromatic rings. The Morgan fingerprint density at radius 1 is 0.842 bits per heavy atom. The molecule has 0 aliphatic carbocycles. The molecule has 1 atom stereocenters. The van der Waals surface area contributed by atoms with E-state index in [1.54, 1.807) is 43.3 Å². The number of halogens is 1. The second-order valence-corrected chi connectivity index (χ2v) is 12.4. The normalized spacial score (nSPS) is 12.2. The minimum absolute atomic E-state index is 0.0848. The number of hydrogen-bond acceptors (Lipinski definition) is 4. The van der Waals surface area contributed by atoms with Crippen LogP contribution in [0.3, 0.4) is 0 Å². The molecule has 0 saturated heterocycles. The number of carbonyl (C=O) groups is 2. The summed E-state index contributed by atoms with van der Waals surface area (Å²) in [6, 6.07) is 20.0. The summed E-state index contributed by atoms with van der Waals surface area (Å²) in [5, 5.41) is 2.85. The van der Waals surface area contributed by atoms with E-state index >= 15 is 0 Å². The molecular weight excluding hydrogens is 566 g/mol. The highest BCUT2D eigenvalue weighted by atomic mass is 79.9. The topological polar surface area (TPSA) is 86.8 Å². The standard InChI is InChI=1S/C29H34BrN3O4S/c1-20(2)31-29(35)23(5)32(18-24-10-12-25(30)13-11-24)28(34)19-33(26-14-6-21(3)7-15-26)38(36,37)27-16-8-22(4)9-17-27/h6-17,20,23H,18-19H2,1-5H3,(H,31,35). The van der Waals surface area contributed by atoms with E-state index < -0.39 is 28.5 Å². The van der Waals surface area contributed by atoms with Crippen molar-refractivity contribution in [2.75, 3.05) is 10.8 Å². The summed E-state index contributed by atoms with van der Waals surface area (Å²) in [6.45, 7) is 8.81. The van der Waals surface area contributed by atoms with Gasteiger partial charge in [-0.1, -0.05) is 63.5 Å². The lowest BCUT2D eigenvalue weighted by Gasteiger charge is -2.32. The lowest BCUT2D eigenvalue weighted by Crippen LogP contribution is -2.52. The summed E-state index contributed by atoms with van der Waals surface area (Å²) in [4.78, 5) is 28.3. The second-order valence-electron chi connectivity index (χ2n) is 9.65. The Morgan fingerprint density at radius 3 is 1.89 bits per heavy atom. The Morgan fingerprint density at radius 2 is 1.37 bits per heavy atom. The summed E-state index contributed by atoms with van der Waals surface area (Å²) in [5.41, 5.74) is 3.07. The maximum atomic E-state index is 13.9. The van der Waals surface area contributed by atoms with Gasteiger partial charge in [0.2, 0.25) is 11.8 Å². The van der Waals surface area contributed by atoms with Gasteiger partial charge in [0.1, 0.15) is 12.6 Å². The fourth-order valence-corrected chi connectivity index (χ4v) is 5.53. The van der Waals surface area contributed by atoms with Crippen LogP contribution in [0, 0.1) is 13.8 Å². The van der Waals surface area contributed by atoms with Gasteiger partial charge in [-0.05, 0) is 76.6 Å². The molecule has 0 fully saturated rings. The average molecular weight is 601 g/mol. The third-order valence-electron chi connectivity index (χ3n) is 6.07. The van der Waals surface area contributed by atoms with Crippen molar-refractivity contribution in [3.05, 3.63) is 94.0 Å². The molecule has 3 aromatic carbocycles. The third-order valence-corrected chi connectivity index (χ3v) is 8.39. The van der Waals surface area contributed by atoms with Gasteiger partial charge < -0.3 is 10.2 Å². The van der Waals surface area contributed by atoms with Crippen LogP contribution in [0.15, 0.2) is 82.2 Å². The molecule has 0 heterocycles. The molecule has 3 rings (SSSR count). The highest BCUT2D eigenvalue weighted by Gasteiger charge is 2.32. The Balaban J connectivity index is 2.02. The minimum atomic E-state index is -4.08. The number of nitrogens with zero attached hydrogens (tertiary/aromatic N) is 2. The predicted molar refractivity (Wildman–Crippen MR) is 154 cm³/mol. The number of rotatable bonds is 10. The minimum Gasteiger partial charge on any atom is -0.352 e. The van der Waals surface area contributed by atoms with Crippen LogP contribution in [0.2, 0.25) is 0 Å². The van der Waals surface area contributed by atoms with Gasteiger partial charge in [-0.25, -0.2) is 8.42 Å². The predicted octanol–water partition coefficient (Wildman–Crippen LogP) is 5.20. The van der Waals surface area contributed by atoms with Gasteiger partial charge in [-0.15, -0.1) is 0 Å². The van der Waals surface area contributed by atoms with Crippen molar-refractivity contribution < 1.29 is 18.0 Å². The van der Waals surface area contributed by atoms with Gasteiger partial charge >= 0.3 is 0 Å². The Kier molecular flexibility index (Phi) is 9.73. The Labute approximate surface area is 234 Å². The molecule has 0 radical (unpaired) electrons. The molecular formula is C29H34BrN3O4S. The van der Waals surface area contributed by atoms with E-state index in [0.717, 1.165) is 25.5 Å². The second kappa shape index (κ2) is 12.6. The number of anilines is 1. The zero-order valence-electron chi connectivity index (χ0n) is 22.3. The van der Waals surface area contributed by atoms with Crippen molar-refractivity contribution in [1.29, 1.82) is 0 Å². The van der Waals surface area contributed by atoms with Crippen molar-refractivity contribution in [3.63, 3.8) is 0 Å². The molecule has 38 heavy (non-hydrogen) atoms. The summed E-state index contributed by atoms with van der Waals surface area (Å²) in [6.07, 6.45) is 0. The molecule has 1 N–H and O–H groups in total. The molecule has 0 spiro atoms. The Hall–Kier alpha value is -3.17. The van der Waals surface area contributed by atoms with Gasteiger partial charge in [0.25, 0.3) is 10.0 Å². The summed E-state index contributed by atoms with van der Waals surface area (Å²) in [5.74, 6) is -0.802. The lowest BCUT2D eigenvalue weighted by molar-refractivity contribution is -0.139. The molecule has 0 bridgehead atoms. The van der Waals surface area contributed by atoms with Crippen LogP contribution in [0.25, 0.3) is 0 Å². The first-order chi connectivity index (χ1) is 17.9. The van der Waals surface area contributed by atoms with Gasteiger partial charge in [0, 0.05) is 17.1 Å². The first-order valence-corrected chi connectivity index (χ1v) is 14.6. The van der Waals surface area contributed by atoms with Crippen LogP contribution in [0.4, 0.5) is 5.69 Å². The number of benzene rings is 3.